The molecule has 1 aromatic rings. The Morgan fingerprint density at radius 3 is 2.76 bits per heavy atom. The van der Waals surface area contributed by atoms with E-state index in [4.69, 9.17) is 4.74 Å². The molecule has 1 atom stereocenters. The molecule has 1 unspecified atom stereocenters. The van der Waals surface area contributed by atoms with Gasteiger partial charge in [0.25, 0.3) is 5.91 Å². The van der Waals surface area contributed by atoms with Gasteiger partial charge in [0, 0.05) is 31.2 Å². The third-order valence-electron chi connectivity index (χ3n) is 4.20. The van der Waals surface area contributed by atoms with Crippen LogP contribution in [0.1, 0.15) is 38.2 Å². The van der Waals surface area contributed by atoms with Crippen LogP contribution in [0.4, 0.5) is 0 Å². The summed E-state index contributed by atoms with van der Waals surface area (Å²) in [5.74, 6) is 0.933. The number of carbonyl (C=O) groups excluding carboxylic acids is 1. The van der Waals surface area contributed by atoms with Gasteiger partial charge in [0.2, 0.25) is 0 Å². The third-order valence-corrected chi connectivity index (χ3v) is 4.20. The van der Waals surface area contributed by atoms with Crippen LogP contribution in [0.5, 0.6) is 5.75 Å². The van der Waals surface area contributed by atoms with Gasteiger partial charge in [-0.05, 0) is 38.7 Å². The second-order valence-electron chi connectivity index (χ2n) is 6.06. The Morgan fingerprint density at radius 1 is 1.33 bits per heavy atom. The quantitative estimate of drug-likeness (QED) is 0.873. The number of ether oxygens (including phenoxy) is 1. The zero-order valence-corrected chi connectivity index (χ0v) is 12.7. The van der Waals surface area contributed by atoms with Crippen molar-refractivity contribution in [1.82, 2.24) is 10.2 Å². The van der Waals surface area contributed by atoms with Crippen molar-refractivity contribution in [3.63, 3.8) is 0 Å². The van der Waals surface area contributed by atoms with E-state index in [0.717, 1.165) is 43.8 Å². The summed E-state index contributed by atoms with van der Waals surface area (Å²) >= 11 is 0. The first-order chi connectivity index (χ1) is 10.2. The van der Waals surface area contributed by atoms with Crippen LogP contribution in [-0.2, 0) is 11.3 Å². The van der Waals surface area contributed by atoms with E-state index in [-0.39, 0.29) is 5.91 Å². The van der Waals surface area contributed by atoms with Crippen LogP contribution >= 0.6 is 0 Å². The Bertz CT molecular complexity index is 493. The van der Waals surface area contributed by atoms with Crippen LogP contribution in [0.2, 0.25) is 0 Å². The fraction of sp³-hybridized carbons (Fsp3) is 0.588. The maximum Gasteiger partial charge on any atom is 0.263 e. The highest BCUT2D eigenvalue weighted by Gasteiger charge is 2.25. The summed E-state index contributed by atoms with van der Waals surface area (Å²) in [5.41, 5.74) is 1.13. The van der Waals surface area contributed by atoms with E-state index < -0.39 is 6.10 Å². The van der Waals surface area contributed by atoms with Gasteiger partial charge in [0.1, 0.15) is 5.75 Å². The molecule has 0 aromatic heterocycles. The van der Waals surface area contributed by atoms with Crippen molar-refractivity contribution in [2.24, 2.45) is 0 Å². The number of nitrogens with one attached hydrogen (secondary N) is 1. The predicted octanol–water partition coefficient (Wildman–Crippen LogP) is 2.33. The molecule has 3 rings (SSSR count). The Balaban J connectivity index is 1.61. The van der Waals surface area contributed by atoms with Gasteiger partial charge in [-0.2, -0.15) is 0 Å². The van der Waals surface area contributed by atoms with Gasteiger partial charge in [-0.25, -0.2) is 0 Å². The van der Waals surface area contributed by atoms with Crippen LogP contribution in [0.3, 0.4) is 0 Å². The standard InChI is InChI=1S/C17H24N2O2/c1-13(17(20)19-10-4-5-11-19)21-16-7-3-2-6-14(16)12-18-15-8-9-15/h2-3,6-7,13,15,18H,4-5,8-12H2,1H3. The Morgan fingerprint density at radius 2 is 2.05 bits per heavy atom. The van der Waals surface area contributed by atoms with Crippen molar-refractivity contribution >= 4 is 5.91 Å². The minimum absolute atomic E-state index is 0.109. The second kappa shape index (κ2) is 6.48. The summed E-state index contributed by atoms with van der Waals surface area (Å²) in [6, 6.07) is 8.67. The highest BCUT2D eigenvalue weighted by Crippen LogP contribution is 2.23. The van der Waals surface area contributed by atoms with Gasteiger partial charge in [-0.3, -0.25) is 4.79 Å². The maximum absolute atomic E-state index is 12.3. The maximum atomic E-state index is 12.3. The third kappa shape index (κ3) is 3.76. The summed E-state index contributed by atoms with van der Waals surface area (Å²) in [6.45, 7) is 4.41. The molecule has 1 aliphatic carbocycles. The largest absolute Gasteiger partial charge is 0.481 e. The molecule has 2 fully saturated rings. The van der Waals surface area contributed by atoms with Crippen LogP contribution in [-0.4, -0.2) is 36.0 Å². The number of nitrogens with zero attached hydrogens (tertiary/aromatic N) is 1. The SMILES string of the molecule is CC(Oc1ccccc1CNC1CC1)C(=O)N1CCCC1. The van der Waals surface area contributed by atoms with Gasteiger partial charge in [-0.15, -0.1) is 0 Å². The van der Waals surface area contributed by atoms with E-state index in [1.54, 1.807) is 0 Å². The molecule has 4 heteroatoms. The molecule has 114 valence electrons. The predicted molar refractivity (Wildman–Crippen MR) is 82.2 cm³/mol. The summed E-state index contributed by atoms with van der Waals surface area (Å²) in [7, 11) is 0. The first-order valence-electron chi connectivity index (χ1n) is 8.01. The first-order valence-corrected chi connectivity index (χ1v) is 8.01. The van der Waals surface area contributed by atoms with Crippen molar-refractivity contribution in [3.05, 3.63) is 29.8 Å². The molecule has 21 heavy (non-hydrogen) atoms. The molecule has 4 nitrogen and oxygen atoms in total. The minimum Gasteiger partial charge on any atom is -0.481 e. The number of likely N-dealkylation sites (tertiary alicyclic amines) is 1. The van der Waals surface area contributed by atoms with Crippen molar-refractivity contribution in [3.8, 4) is 5.75 Å². The van der Waals surface area contributed by atoms with Gasteiger partial charge >= 0.3 is 0 Å². The van der Waals surface area contributed by atoms with E-state index in [1.807, 2.05) is 30.0 Å². The number of carbonyl (C=O) groups is 1. The lowest BCUT2D eigenvalue weighted by atomic mass is 10.2. The first kappa shape index (κ1) is 14.4. The van der Waals surface area contributed by atoms with Gasteiger partial charge < -0.3 is 15.0 Å². The molecular formula is C17H24N2O2. The van der Waals surface area contributed by atoms with Crippen LogP contribution in [0, 0.1) is 0 Å². The molecule has 1 heterocycles. The molecule has 2 aliphatic rings. The number of rotatable bonds is 6. The van der Waals surface area contributed by atoms with Gasteiger partial charge in [0.05, 0.1) is 0 Å². The normalized spacial score (nSPS) is 19.6. The topological polar surface area (TPSA) is 41.6 Å². The zero-order chi connectivity index (χ0) is 14.7. The lowest BCUT2D eigenvalue weighted by Crippen LogP contribution is -2.38. The Labute approximate surface area is 126 Å². The van der Waals surface area contributed by atoms with E-state index in [9.17, 15) is 4.79 Å². The average molecular weight is 288 g/mol. The molecule has 0 bridgehead atoms. The van der Waals surface area contributed by atoms with E-state index in [1.165, 1.54) is 12.8 Å². The molecule has 0 spiro atoms. The fourth-order valence-electron chi connectivity index (χ4n) is 2.74. The van der Waals surface area contributed by atoms with E-state index >= 15 is 0 Å². The fourth-order valence-corrected chi connectivity index (χ4v) is 2.74. The molecule has 1 aliphatic heterocycles. The molecule has 1 saturated heterocycles. The van der Waals surface area contributed by atoms with Crippen molar-refractivity contribution in [1.29, 1.82) is 0 Å². The lowest BCUT2D eigenvalue weighted by Gasteiger charge is -2.22. The number of hydrogen-bond acceptors (Lipinski definition) is 3. The monoisotopic (exact) mass is 288 g/mol. The molecule has 1 aromatic carbocycles. The van der Waals surface area contributed by atoms with Crippen molar-refractivity contribution in [2.45, 2.75) is 51.3 Å². The van der Waals surface area contributed by atoms with Crippen molar-refractivity contribution < 1.29 is 9.53 Å². The van der Waals surface area contributed by atoms with Crippen molar-refractivity contribution in [2.75, 3.05) is 13.1 Å². The van der Waals surface area contributed by atoms with E-state index in [0.29, 0.717) is 6.04 Å². The lowest BCUT2D eigenvalue weighted by molar-refractivity contribution is -0.136. The highest BCUT2D eigenvalue weighted by molar-refractivity contribution is 5.81. The molecule has 1 amide bonds. The van der Waals surface area contributed by atoms with E-state index in [2.05, 4.69) is 11.4 Å². The van der Waals surface area contributed by atoms with Crippen LogP contribution < -0.4 is 10.1 Å². The van der Waals surface area contributed by atoms with Crippen LogP contribution in [0.15, 0.2) is 24.3 Å². The summed E-state index contributed by atoms with van der Waals surface area (Å²) in [4.78, 5) is 14.2. The molecular weight excluding hydrogens is 264 g/mol. The van der Waals surface area contributed by atoms with Gasteiger partial charge in [0.15, 0.2) is 6.10 Å². The van der Waals surface area contributed by atoms with Crippen LogP contribution in [0.25, 0.3) is 0 Å². The Kier molecular flexibility index (Phi) is 4.44. The molecule has 0 radical (unpaired) electrons. The number of amides is 1. The summed E-state index contributed by atoms with van der Waals surface area (Å²) in [6.07, 6.45) is 4.35. The molecule has 1 N–H and O–H groups in total. The minimum atomic E-state index is -0.412. The molecule has 1 saturated carbocycles. The average Bonchev–Trinajstić information content (AvgIpc) is 3.17. The Hall–Kier alpha value is -1.55. The summed E-state index contributed by atoms with van der Waals surface area (Å²) < 4.78 is 5.94. The second-order valence-corrected chi connectivity index (χ2v) is 6.06. The zero-order valence-electron chi connectivity index (χ0n) is 12.7. The summed E-state index contributed by atoms with van der Waals surface area (Å²) in [5, 5.41) is 3.50. The van der Waals surface area contributed by atoms with Gasteiger partial charge in [-0.1, -0.05) is 18.2 Å². The number of hydrogen-bond donors (Lipinski definition) is 1. The number of para-hydroxylation sites is 1. The highest BCUT2D eigenvalue weighted by atomic mass is 16.5. The number of benzene rings is 1. The smallest absolute Gasteiger partial charge is 0.263 e.